The van der Waals surface area contributed by atoms with Crippen LogP contribution in [0.25, 0.3) is 0 Å². The average molecular weight is 313 g/mol. The second-order valence-electron chi connectivity index (χ2n) is 5.65. The van der Waals surface area contributed by atoms with Crippen LogP contribution in [0.2, 0.25) is 0 Å². The van der Waals surface area contributed by atoms with Gasteiger partial charge in [-0.3, -0.25) is 0 Å². The summed E-state index contributed by atoms with van der Waals surface area (Å²) in [7, 11) is 4.16. The van der Waals surface area contributed by atoms with Gasteiger partial charge in [-0.15, -0.1) is 0 Å². The molecule has 1 N–H and O–H groups in total. The zero-order valence-electron chi connectivity index (χ0n) is 13.7. The van der Waals surface area contributed by atoms with Gasteiger partial charge >= 0.3 is 0 Å². The maximum absolute atomic E-state index is 3.55. The van der Waals surface area contributed by atoms with Gasteiger partial charge in [0, 0.05) is 48.4 Å². The van der Waals surface area contributed by atoms with Crippen molar-refractivity contribution in [2.24, 2.45) is 0 Å². The van der Waals surface area contributed by atoms with Crippen LogP contribution in [0, 0.1) is 0 Å². The summed E-state index contributed by atoms with van der Waals surface area (Å²) in [5.74, 6) is 0. The molecule has 0 atom stereocenters. The number of hydrogen-bond donors (Lipinski definition) is 1. The summed E-state index contributed by atoms with van der Waals surface area (Å²) < 4.78 is 0. The molecule has 0 radical (unpaired) electrons. The number of anilines is 4. The molecule has 0 amide bonds. The van der Waals surface area contributed by atoms with E-state index in [4.69, 9.17) is 0 Å². The summed E-state index contributed by atoms with van der Waals surface area (Å²) >= 11 is 1.85. The molecule has 4 heteroatoms. The van der Waals surface area contributed by atoms with Gasteiger partial charge in [0.15, 0.2) is 0 Å². The van der Waals surface area contributed by atoms with Crippen LogP contribution in [0.1, 0.15) is 13.8 Å². The highest BCUT2D eigenvalue weighted by Crippen LogP contribution is 2.46. The van der Waals surface area contributed by atoms with Crippen LogP contribution in [0.4, 0.5) is 22.7 Å². The van der Waals surface area contributed by atoms with E-state index in [2.05, 4.69) is 79.5 Å². The highest BCUT2D eigenvalue weighted by atomic mass is 32.2. The number of benzene rings is 2. The van der Waals surface area contributed by atoms with Crippen molar-refractivity contribution in [3.63, 3.8) is 0 Å². The molecular weight excluding hydrogens is 290 g/mol. The molecule has 2 aromatic rings. The topological polar surface area (TPSA) is 18.5 Å². The molecule has 0 fully saturated rings. The van der Waals surface area contributed by atoms with Crippen LogP contribution in [-0.4, -0.2) is 27.2 Å². The van der Waals surface area contributed by atoms with Crippen molar-refractivity contribution < 1.29 is 0 Å². The van der Waals surface area contributed by atoms with Gasteiger partial charge in [0.1, 0.15) is 0 Å². The van der Waals surface area contributed by atoms with Crippen molar-refractivity contribution in [1.82, 2.24) is 0 Å². The van der Waals surface area contributed by atoms with E-state index in [-0.39, 0.29) is 0 Å². The lowest BCUT2D eigenvalue weighted by Gasteiger charge is -2.26. The molecule has 0 aliphatic carbocycles. The van der Waals surface area contributed by atoms with E-state index in [0.717, 1.165) is 13.1 Å². The Balaban J connectivity index is 1.94. The van der Waals surface area contributed by atoms with E-state index in [1.54, 1.807) is 0 Å². The molecule has 0 spiro atoms. The Morgan fingerprint density at radius 3 is 1.95 bits per heavy atom. The van der Waals surface area contributed by atoms with Gasteiger partial charge in [0.2, 0.25) is 0 Å². The first kappa shape index (κ1) is 15.1. The number of rotatable bonds is 4. The summed E-state index contributed by atoms with van der Waals surface area (Å²) in [4.78, 5) is 7.11. The second-order valence-corrected chi connectivity index (χ2v) is 6.74. The predicted molar refractivity (Wildman–Crippen MR) is 98.2 cm³/mol. The highest BCUT2D eigenvalue weighted by Gasteiger charge is 2.17. The summed E-state index contributed by atoms with van der Waals surface area (Å²) in [5.41, 5.74) is 4.92. The van der Waals surface area contributed by atoms with Crippen molar-refractivity contribution in [3.05, 3.63) is 36.4 Å². The van der Waals surface area contributed by atoms with E-state index in [1.807, 2.05) is 11.8 Å². The molecule has 0 aromatic heterocycles. The average Bonchev–Trinajstić information content (AvgIpc) is 2.53. The van der Waals surface area contributed by atoms with Crippen molar-refractivity contribution in [1.29, 1.82) is 0 Å². The van der Waals surface area contributed by atoms with Crippen LogP contribution in [0.5, 0.6) is 0 Å². The van der Waals surface area contributed by atoms with Crippen LogP contribution < -0.4 is 15.1 Å². The first-order valence-electron chi connectivity index (χ1n) is 7.77. The Bertz CT molecular complexity index is 678. The molecule has 0 unspecified atom stereocenters. The van der Waals surface area contributed by atoms with Gasteiger partial charge in [0.05, 0.1) is 11.4 Å². The van der Waals surface area contributed by atoms with E-state index in [1.165, 1.54) is 32.5 Å². The Kier molecular flexibility index (Phi) is 4.21. The fourth-order valence-electron chi connectivity index (χ4n) is 2.72. The summed E-state index contributed by atoms with van der Waals surface area (Å²) in [6, 6.07) is 13.3. The number of nitrogens with one attached hydrogen (secondary N) is 1. The molecule has 0 bridgehead atoms. The van der Waals surface area contributed by atoms with Gasteiger partial charge in [-0.25, -0.2) is 0 Å². The first-order chi connectivity index (χ1) is 10.6. The van der Waals surface area contributed by atoms with Crippen molar-refractivity contribution in [2.75, 3.05) is 42.3 Å². The molecule has 116 valence electrons. The SMILES string of the molecule is CCN(CC)c1ccc2c(c1)Sc1cc(N(C)C)ccc1N2. The van der Waals surface area contributed by atoms with Crippen molar-refractivity contribution in [3.8, 4) is 0 Å². The van der Waals surface area contributed by atoms with Gasteiger partial charge < -0.3 is 15.1 Å². The molecule has 2 aromatic carbocycles. The molecule has 0 saturated heterocycles. The number of fused-ring (bicyclic) bond motifs is 2. The smallest absolute Gasteiger partial charge is 0.0527 e. The lowest BCUT2D eigenvalue weighted by Crippen LogP contribution is -2.21. The van der Waals surface area contributed by atoms with E-state index in [9.17, 15) is 0 Å². The molecule has 22 heavy (non-hydrogen) atoms. The van der Waals surface area contributed by atoms with Gasteiger partial charge in [-0.2, -0.15) is 0 Å². The van der Waals surface area contributed by atoms with Crippen molar-refractivity contribution in [2.45, 2.75) is 23.6 Å². The van der Waals surface area contributed by atoms with Gasteiger partial charge in [0.25, 0.3) is 0 Å². The van der Waals surface area contributed by atoms with Crippen LogP contribution >= 0.6 is 11.8 Å². The molecule has 3 rings (SSSR count). The monoisotopic (exact) mass is 313 g/mol. The fourth-order valence-corrected chi connectivity index (χ4v) is 3.78. The summed E-state index contributed by atoms with van der Waals surface area (Å²) in [6.07, 6.45) is 0. The van der Waals surface area contributed by atoms with Crippen LogP contribution in [-0.2, 0) is 0 Å². The second kappa shape index (κ2) is 6.13. The minimum absolute atomic E-state index is 1.04. The zero-order chi connectivity index (χ0) is 15.7. The lowest BCUT2D eigenvalue weighted by atomic mass is 10.2. The summed E-state index contributed by atoms with van der Waals surface area (Å²) in [6.45, 7) is 6.48. The lowest BCUT2D eigenvalue weighted by molar-refractivity contribution is 0.864. The predicted octanol–water partition coefficient (Wildman–Crippen LogP) is 4.81. The highest BCUT2D eigenvalue weighted by molar-refractivity contribution is 7.99. The van der Waals surface area contributed by atoms with Crippen molar-refractivity contribution >= 4 is 34.5 Å². The van der Waals surface area contributed by atoms with Crippen LogP contribution in [0.3, 0.4) is 0 Å². The Labute approximate surface area is 137 Å². The fraction of sp³-hybridized carbons (Fsp3) is 0.333. The number of hydrogen-bond acceptors (Lipinski definition) is 4. The maximum atomic E-state index is 3.55. The summed E-state index contributed by atoms with van der Waals surface area (Å²) in [5, 5.41) is 3.55. The molecule has 3 nitrogen and oxygen atoms in total. The Morgan fingerprint density at radius 2 is 1.41 bits per heavy atom. The molecule has 0 saturated carbocycles. The molecule has 1 aliphatic heterocycles. The molecule has 1 heterocycles. The van der Waals surface area contributed by atoms with Gasteiger partial charge in [-0.1, -0.05) is 11.8 Å². The van der Waals surface area contributed by atoms with Gasteiger partial charge in [-0.05, 0) is 50.2 Å². The normalized spacial score (nSPS) is 12.2. The molecular formula is C18H23N3S. The third-order valence-corrected chi connectivity index (χ3v) is 5.18. The van der Waals surface area contributed by atoms with Crippen LogP contribution in [0.15, 0.2) is 46.2 Å². The standard InChI is InChI=1S/C18H23N3S/c1-5-21(6-2)14-8-10-16-18(12-14)22-17-11-13(20(3)4)7-9-15(17)19-16/h7-12,19H,5-6H2,1-4H3. The minimum atomic E-state index is 1.04. The zero-order valence-corrected chi connectivity index (χ0v) is 14.5. The van der Waals surface area contributed by atoms with E-state index in [0.29, 0.717) is 0 Å². The Morgan fingerprint density at radius 1 is 0.864 bits per heavy atom. The minimum Gasteiger partial charge on any atom is -0.378 e. The third-order valence-electron chi connectivity index (χ3n) is 4.06. The first-order valence-corrected chi connectivity index (χ1v) is 8.59. The maximum Gasteiger partial charge on any atom is 0.0527 e. The third kappa shape index (κ3) is 2.75. The van der Waals surface area contributed by atoms with E-state index >= 15 is 0 Å². The van der Waals surface area contributed by atoms with E-state index < -0.39 is 0 Å². The quantitative estimate of drug-likeness (QED) is 0.745. The molecule has 1 aliphatic rings. The number of nitrogens with zero attached hydrogens (tertiary/aromatic N) is 2. The Hall–Kier alpha value is -1.81. The largest absolute Gasteiger partial charge is 0.378 e.